The molecule has 0 saturated heterocycles. The molecule has 2 aromatic rings. The summed E-state index contributed by atoms with van der Waals surface area (Å²) in [6, 6.07) is 7.26. The molecular formula is C16H13F2NO3. The summed E-state index contributed by atoms with van der Waals surface area (Å²) in [7, 11) is 1.25. The molecule has 0 heterocycles. The van der Waals surface area contributed by atoms with Crippen molar-refractivity contribution in [2.75, 3.05) is 12.4 Å². The summed E-state index contributed by atoms with van der Waals surface area (Å²) in [5.41, 5.74) is 0.652. The molecule has 6 heteroatoms. The molecule has 2 rings (SSSR count). The van der Waals surface area contributed by atoms with Crippen molar-refractivity contribution in [3.8, 4) is 0 Å². The number of rotatable bonds is 3. The SMILES string of the molecule is COC(=O)c1cccc(NC(=O)c2cc(F)ccc2F)c1C. The van der Waals surface area contributed by atoms with E-state index in [-0.39, 0.29) is 5.56 Å². The largest absolute Gasteiger partial charge is 0.465 e. The Kier molecular flexibility index (Phi) is 4.50. The molecule has 0 aliphatic rings. The highest BCUT2D eigenvalue weighted by Crippen LogP contribution is 2.21. The van der Waals surface area contributed by atoms with Crippen molar-refractivity contribution < 1.29 is 23.1 Å². The number of halogens is 2. The average molecular weight is 305 g/mol. The number of ether oxygens (including phenoxy) is 1. The van der Waals surface area contributed by atoms with Crippen molar-refractivity contribution >= 4 is 17.6 Å². The van der Waals surface area contributed by atoms with Crippen LogP contribution in [0.25, 0.3) is 0 Å². The Hall–Kier alpha value is -2.76. The highest BCUT2D eigenvalue weighted by atomic mass is 19.1. The van der Waals surface area contributed by atoms with E-state index in [1.165, 1.54) is 7.11 Å². The molecule has 1 amide bonds. The third-order valence-corrected chi connectivity index (χ3v) is 3.16. The number of methoxy groups -OCH3 is 1. The van der Waals surface area contributed by atoms with E-state index in [2.05, 4.69) is 10.1 Å². The Morgan fingerprint density at radius 3 is 2.50 bits per heavy atom. The summed E-state index contributed by atoms with van der Waals surface area (Å²) in [6.45, 7) is 1.61. The van der Waals surface area contributed by atoms with Gasteiger partial charge in [-0.25, -0.2) is 13.6 Å². The van der Waals surface area contributed by atoms with Crippen LogP contribution >= 0.6 is 0 Å². The zero-order valence-corrected chi connectivity index (χ0v) is 11.9. The Bertz CT molecular complexity index is 744. The Labute approximate surface area is 125 Å². The molecule has 0 saturated carbocycles. The molecule has 0 aliphatic heterocycles. The van der Waals surface area contributed by atoms with Crippen LogP contribution in [0, 0.1) is 18.6 Å². The van der Waals surface area contributed by atoms with Gasteiger partial charge in [-0.15, -0.1) is 0 Å². The molecule has 0 aromatic heterocycles. The zero-order chi connectivity index (χ0) is 16.3. The fraction of sp³-hybridized carbons (Fsp3) is 0.125. The standard InChI is InChI=1S/C16H13F2NO3/c1-9-11(16(21)22-2)4-3-5-14(9)19-15(20)12-8-10(17)6-7-13(12)18/h3-8H,1-2H3,(H,19,20). The quantitative estimate of drug-likeness (QED) is 0.885. The van der Waals surface area contributed by atoms with Gasteiger partial charge in [0.1, 0.15) is 11.6 Å². The van der Waals surface area contributed by atoms with E-state index in [0.29, 0.717) is 11.3 Å². The molecule has 22 heavy (non-hydrogen) atoms. The summed E-state index contributed by atoms with van der Waals surface area (Å²) in [5.74, 6) is -2.90. The molecule has 2 aromatic carbocycles. The topological polar surface area (TPSA) is 55.4 Å². The maximum Gasteiger partial charge on any atom is 0.338 e. The van der Waals surface area contributed by atoms with Crippen LogP contribution < -0.4 is 5.32 Å². The number of benzene rings is 2. The average Bonchev–Trinajstić information content (AvgIpc) is 2.51. The normalized spacial score (nSPS) is 10.2. The van der Waals surface area contributed by atoms with Crippen molar-refractivity contribution in [1.29, 1.82) is 0 Å². The van der Waals surface area contributed by atoms with Crippen LogP contribution in [0.3, 0.4) is 0 Å². The number of anilines is 1. The number of hydrogen-bond acceptors (Lipinski definition) is 3. The fourth-order valence-electron chi connectivity index (χ4n) is 1.96. The molecule has 0 bridgehead atoms. The van der Waals surface area contributed by atoms with Gasteiger partial charge in [-0.3, -0.25) is 4.79 Å². The predicted molar refractivity (Wildman–Crippen MR) is 76.8 cm³/mol. The molecular weight excluding hydrogens is 292 g/mol. The van der Waals surface area contributed by atoms with Gasteiger partial charge in [0.25, 0.3) is 5.91 Å². The van der Waals surface area contributed by atoms with Crippen molar-refractivity contribution in [2.24, 2.45) is 0 Å². The van der Waals surface area contributed by atoms with E-state index in [0.717, 1.165) is 18.2 Å². The van der Waals surface area contributed by atoms with Gasteiger partial charge in [-0.2, -0.15) is 0 Å². The van der Waals surface area contributed by atoms with Crippen LogP contribution in [0.5, 0.6) is 0 Å². The first-order valence-corrected chi connectivity index (χ1v) is 6.38. The van der Waals surface area contributed by atoms with Gasteiger partial charge >= 0.3 is 5.97 Å². The van der Waals surface area contributed by atoms with E-state index in [4.69, 9.17) is 0 Å². The Morgan fingerprint density at radius 1 is 1.09 bits per heavy atom. The molecule has 4 nitrogen and oxygen atoms in total. The van der Waals surface area contributed by atoms with E-state index in [1.54, 1.807) is 25.1 Å². The lowest BCUT2D eigenvalue weighted by Crippen LogP contribution is -2.16. The summed E-state index contributed by atoms with van der Waals surface area (Å²) in [5, 5.41) is 2.46. The fourth-order valence-corrected chi connectivity index (χ4v) is 1.96. The summed E-state index contributed by atoms with van der Waals surface area (Å²) < 4.78 is 31.4. The maximum atomic E-state index is 13.6. The van der Waals surface area contributed by atoms with Crippen molar-refractivity contribution in [3.05, 3.63) is 64.7 Å². The highest BCUT2D eigenvalue weighted by Gasteiger charge is 2.16. The van der Waals surface area contributed by atoms with E-state index >= 15 is 0 Å². The van der Waals surface area contributed by atoms with Gasteiger partial charge in [-0.1, -0.05) is 6.07 Å². The molecule has 0 spiro atoms. The van der Waals surface area contributed by atoms with E-state index in [9.17, 15) is 18.4 Å². The number of carbonyl (C=O) groups excluding carboxylic acids is 2. The van der Waals surface area contributed by atoms with Gasteiger partial charge < -0.3 is 10.1 Å². The van der Waals surface area contributed by atoms with Gasteiger partial charge in [-0.05, 0) is 42.8 Å². The molecule has 114 valence electrons. The van der Waals surface area contributed by atoms with Gasteiger partial charge in [0, 0.05) is 5.69 Å². The van der Waals surface area contributed by atoms with Crippen LogP contribution in [-0.4, -0.2) is 19.0 Å². The third-order valence-electron chi connectivity index (χ3n) is 3.16. The number of hydrogen-bond donors (Lipinski definition) is 1. The van der Waals surface area contributed by atoms with E-state index < -0.39 is 29.1 Å². The maximum absolute atomic E-state index is 13.6. The lowest BCUT2D eigenvalue weighted by Gasteiger charge is -2.11. The van der Waals surface area contributed by atoms with Gasteiger partial charge in [0.15, 0.2) is 0 Å². The summed E-state index contributed by atoms with van der Waals surface area (Å²) in [4.78, 5) is 23.7. The highest BCUT2D eigenvalue weighted by molar-refractivity contribution is 6.05. The molecule has 0 aliphatic carbocycles. The number of nitrogens with one attached hydrogen (secondary N) is 1. The second kappa shape index (κ2) is 6.34. The monoisotopic (exact) mass is 305 g/mol. The number of esters is 1. The van der Waals surface area contributed by atoms with Crippen molar-refractivity contribution in [1.82, 2.24) is 0 Å². The first kappa shape index (κ1) is 15.6. The summed E-state index contributed by atoms with van der Waals surface area (Å²) >= 11 is 0. The minimum absolute atomic E-state index is 0.278. The van der Waals surface area contributed by atoms with Gasteiger partial charge in [0.2, 0.25) is 0 Å². The van der Waals surface area contributed by atoms with Crippen molar-refractivity contribution in [2.45, 2.75) is 6.92 Å². The first-order chi connectivity index (χ1) is 10.4. The summed E-state index contributed by atoms with van der Waals surface area (Å²) in [6.07, 6.45) is 0. The van der Waals surface area contributed by atoms with Crippen LogP contribution in [0.2, 0.25) is 0 Å². The lowest BCUT2D eigenvalue weighted by molar-refractivity contribution is 0.0599. The molecule has 1 N–H and O–H groups in total. The van der Waals surface area contributed by atoms with Crippen LogP contribution in [-0.2, 0) is 4.74 Å². The first-order valence-electron chi connectivity index (χ1n) is 6.38. The van der Waals surface area contributed by atoms with Crippen LogP contribution in [0.15, 0.2) is 36.4 Å². The molecule has 0 fully saturated rings. The number of amides is 1. The predicted octanol–water partition coefficient (Wildman–Crippen LogP) is 3.31. The number of carbonyl (C=O) groups is 2. The minimum atomic E-state index is -0.833. The smallest absolute Gasteiger partial charge is 0.338 e. The second-order valence-corrected chi connectivity index (χ2v) is 4.55. The third kappa shape index (κ3) is 3.11. The van der Waals surface area contributed by atoms with Crippen molar-refractivity contribution in [3.63, 3.8) is 0 Å². The van der Waals surface area contributed by atoms with Crippen LogP contribution in [0.4, 0.5) is 14.5 Å². The Balaban J connectivity index is 2.33. The minimum Gasteiger partial charge on any atom is -0.465 e. The van der Waals surface area contributed by atoms with Gasteiger partial charge in [0.05, 0.1) is 18.2 Å². The second-order valence-electron chi connectivity index (χ2n) is 4.55. The molecule has 0 radical (unpaired) electrons. The van der Waals surface area contributed by atoms with Crippen LogP contribution in [0.1, 0.15) is 26.3 Å². The zero-order valence-electron chi connectivity index (χ0n) is 11.9. The molecule has 0 atom stereocenters. The lowest BCUT2D eigenvalue weighted by atomic mass is 10.1. The molecule has 0 unspecified atom stereocenters. The Morgan fingerprint density at radius 2 is 1.82 bits per heavy atom. The van der Waals surface area contributed by atoms with E-state index in [1.807, 2.05) is 0 Å².